The second kappa shape index (κ2) is 5.81. The zero-order chi connectivity index (χ0) is 13.9. The van der Waals surface area contributed by atoms with Crippen LogP contribution in [0.2, 0.25) is 0 Å². The molecule has 0 aliphatic heterocycles. The molecular formula is C17H20N2S. The second-order valence-corrected chi connectivity index (χ2v) is 6.19. The van der Waals surface area contributed by atoms with Crippen LogP contribution in [0.1, 0.15) is 31.0 Å². The molecule has 3 heteroatoms. The zero-order valence-corrected chi connectivity index (χ0v) is 12.7. The third-order valence-electron chi connectivity index (χ3n) is 3.78. The van der Waals surface area contributed by atoms with Crippen LogP contribution in [0.4, 0.5) is 0 Å². The van der Waals surface area contributed by atoms with E-state index in [2.05, 4.69) is 71.4 Å². The molecule has 0 aliphatic carbocycles. The number of aromatic amines is 1. The zero-order valence-electron chi connectivity index (χ0n) is 11.9. The average Bonchev–Trinajstić information content (AvgIpc) is 3.09. The Morgan fingerprint density at radius 1 is 1.20 bits per heavy atom. The van der Waals surface area contributed by atoms with Crippen molar-refractivity contribution in [2.75, 3.05) is 0 Å². The first-order chi connectivity index (χ1) is 9.74. The van der Waals surface area contributed by atoms with Crippen LogP contribution in [-0.2, 0) is 6.42 Å². The summed E-state index contributed by atoms with van der Waals surface area (Å²) in [5, 5.41) is 9.37. The van der Waals surface area contributed by atoms with E-state index in [9.17, 15) is 0 Å². The molecule has 0 saturated heterocycles. The van der Waals surface area contributed by atoms with Crippen molar-refractivity contribution >= 4 is 22.2 Å². The van der Waals surface area contributed by atoms with Gasteiger partial charge in [0.1, 0.15) is 0 Å². The number of aromatic nitrogens is 1. The lowest BCUT2D eigenvalue weighted by Gasteiger charge is -2.19. The van der Waals surface area contributed by atoms with Gasteiger partial charge >= 0.3 is 0 Å². The van der Waals surface area contributed by atoms with Gasteiger partial charge in [0.2, 0.25) is 0 Å². The van der Waals surface area contributed by atoms with E-state index in [1.807, 2.05) is 0 Å². The number of thiophene rings is 1. The minimum Gasteiger partial charge on any atom is -0.361 e. The molecule has 0 spiro atoms. The van der Waals surface area contributed by atoms with Crippen LogP contribution in [0.25, 0.3) is 10.9 Å². The Morgan fingerprint density at radius 2 is 2.05 bits per heavy atom. The van der Waals surface area contributed by atoms with Crippen molar-refractivity contribution in [1.29, 1.82) is 0 Å². The summed E-state index contributed by atoms with van der Waals surface area (Å²) < 4.78 is 0. The summed E-state index contributed by atoms with van der Waals surface area (Å²) in [5.41, 5.74) is 3.99. The van der Waals surface area contributed by atoms with Crippen molar-refractivity contribution in [2.45, 2.75) is 32.4 Å². The number of para-hydroxylation sites is 1. The summed E-state index contributed by atoms with van der Waals surface area (Å²) in [6.07, 6.45) is 3.18. The van der Waals surface area contributed by atoms with Crippen LogP contribution in [0.15, 0.2) is 47.3 Å². The van der Waals surface area contributed by atoms with Gasteiger partial charge in [-0.1, -0.05) is 18.2 Å². The van der Waals surface area contributed by atoms with E-state index >= 15 is 0 Å². The van der Waals surface area contributed by atoms with Crippen LogP contribution in [0.3, 0.4) is 0 Å². The van der Waals surface area contributed by atoms with Gasteiger partial charge in [-0.3, -0.25) is 0 Å². The topological polar surface area (TPSA) is 27.8 Å². The minimum absolute atomic E-state index is 0.404. The van der Waals surface area contributed by atoms with Crippen LogP contribution in [-0.4, -0.2) is 11.0 Å². The van der Waals surface area contributed by atoms with Crippen molar-refractivity contribution in [3.05, 3.63) is 58.4 Å². The standard InChI is InChI=1S/C17H20N2S/c1-12(19-13(2)14-7-8-20-11-14)9-15-10-18-17-6-4-3-5-16(15)17/h3-8,10-13,18-19H,9H2,1-2H3. The molecule has 2 nitrogen and oxygen atoms in total. The number of hydrogen-bond acceptors (Lipinski definition) is 2. The predicted octanol–water partition coefficient (Wildman–Crippen LogP) is 4.51. The molecule has 2 aromatic heterocycles. The van der Waals surface area contributed by atoms with Gasteiger partial charge in [0.05, 0.1) is 0 Å². The van der Waals surface area contributed by atoms with E-state index in [-0.39, 0.29) is 0 Å². The van der Waals surface area contributed by atoms with Crippen molar-refractivity contribution in [3.8, 4) is 0 Å². The number of benzene rings is 1. The lowest BCUT2D eigenvalue weighted by atomic mass is 10.0. The molecule has 2 heterocycles. The maximum absolute atomic E-state index is 3.68. The molecule has 1 aromatic carbocycles. The SMILES string of the molecule is CC(Cc1c[nH]c2ccccc12)NC(C)c1ccsc1. The van der Waals surface area contributed by atoms with Crippen LogP contribution < -0.4 is 5.32 Å². The Hall–Kier alpha value is -1.58. The summed E-state index contributed by atoms with van der Waals surface area (Å²) in [6, 6.07) is 11.5. The first-order valence-electron chi connectivity index (χ1n) is 7.07. The normalized spacial score (nSPS) is 14.5. The molecule has 3 aromatic rings. The van der Waals surface area contributed by atoms with Crippen molar-refractivity contribution in [1.82, 2.24) is 10.3 Å². The fourth-order valence-corrected chi connectivity index (χ4v) is 3.49. The second-order valence-electron chi connectivity index (χ2n) is 5.41. The molecule has 0 fully saturated rings. The first kappa shape index (κ1) is 13.4. The summed E-state index contributed by atoms with van der Waals surface area (Å²) in [4.78, 5) is 3.35. The number of nitrogens with one attached hydrogen (secondary N) is 2. The summed E-state index contributed by atoms with van der Waals surface area (Å²) in [7, 11) is 0. The molecule has 2 unspecified atom stereocenters. The quantitative estimate of drug-likeness (QED) is 0.709. The summed E-state index contributed by atoms with van der Waals surface area (Å²) in [6.45, 7) is 4.48. The van der Waals surface area contributed by atoms with Crippen LogP contribution in [0.5, 0.6) is 0 Å². The van der Waals surface area contributed by atoms with Gasteiger partial charge in [-0.15, -0.1) is 0 Å². The van der Waals surface area contributed by atoms with E-state index in [4.69, 9.17) is 0 Å². The van der Waals surface area contributed by atoms with Gasteiger partial charge in [0.15, 0.2) is 0 Å². The van der Waals surface area contributed by atoms with Gasteiger partial charge in [-0.25, -0.2) is 0 Å². The minimum atomic E-state index is 0.404. The number of rotatable bonds is 5. The third kappa shape index (κ3) is 2.79. The summed E-state index contributed by atoms with van der Waals surface area (Å²) >= 11 is 1.76. The third-order valence-corrected chi connectivity index (χ3v) is 4.48. The molecular weight excluding hydrogens is 264 g/mol. The van der Waals surface area contributed by atoms with Gasteiger partial charge in [0, 0.05) is 29.2 Å². The Bertz CT molecular complexity index is 669. The van der Waals surface area contributed by atoms with E-state index in [0.29, 0.717) is 12.1 Å². The number of fused-ring (bicyclic) bond motifs is 1. The van der Waals surface area contributed by atoms with Gasteiger partial charge in [-0.05, 0) is 54.3 Å². The lowest BCUT2D eigenvalue weighted by molar-refractivity contribution is 0.479. The number of hydrogen-bond donors (Lipinski definition) is 2. The Labute approximate surface area is 123 Å². The van der Waals surface area contributed by atoms with E-state index in [1.54, 1.807) is 11.3 Å². The molecule has 104 valence electrons. The molecule has 0 amide bonds. The summed E-state index contributed by atoms with van der Waals surface area (Å²) in [5.74, 6) is 0. The Kier molecular flexibility index (Phi) is 3.90. The highest BCUT2D eigenvalue weighted by Crippen LogP contribution is 2.21. The fraction of sp³-hybridized carbons (Fsp3) is 0.294. The smallest absolute Gasteiger partial charge is 0.0456 e. The van der Waals surface area contributed by atoms with Crippen molar-refractivity contribution in [2.24, 2.45) is 0 Å². The van der Waals surface area contributed by atoms with Crippen molar-refractivity contribution in [3.63, 3.8) is 0 Å². The fourth-order valence-electron chi connectivity index (χ4n) is 2.73. The molecule has 2 N–H and O–H groups in total. The largest absolute Gasteiger partial charge is 0.361 e. The van der Waals surface area contributed by atoms with E-state index in [0.717, 1.165) is 6.42 Å². The molecule has 0 aliphatic rings. The maximum Gasteiger partial charge on any atom is 0.0456 e. The predicted molar refractivity (Wildman–Crippen MR) is 87.3 cm³/mol. The Balaban J connectivity index is 1.68. The van der Waals surface area contributed by atoms with Gasteiger partial charge in [0.25, 0.3) is 0 Å². The molecule has 2 atom stereocenters. The highest BCUT2D eigenvalue weighted by molar-refractivity contribution is 7.07. The molecule has 20 heavy (non-hydrogen) atoms. The lowest BCUT2D eigenvalue weighted by Crippen LogP contribution is -2.30. The van der Waals surface area contributed by atoms with Crippen molar-refractivity contribution < 1.29 is 0 Å². The van der Waals surface area contributed by atoms with Crippen LogP contribution >= 0.6 is 11.3 Å². The maximum atomic E-state index is 3.68. The molecule has 3 rings (SSSR count). The first-order valence-corrected chi connectivity index (χ1v) is 8.01. The highest BCUT2D eigenvalue weighted by Gasteiger charge is 2.12. The average molecular weight is 284 g/mol. The number of H-pyrrole nitrogens is 1. The van der Waals surface area contributed by atoms with Gasteiger partial charge in [-0.2, -0.15) is 11.3 Å². The van der Waals surface area contributed by atoms with Gasteiger partial charge < -0.3 is 10.3 Å². The molecule has 0 radical (unpaired) electrons. The molecule has 0 bridgehead atoms. The Morgan fingerprint density at radius 3 is 2.85 bits per heavy atom. The van der Waals surface area contributed by atoms with E-state index in [1.165, 1.54) is 22.0 Å². The molecule has 0 saturated carbocycles. The monoisotopic (exact) mass is 284 g/mol. The van der Waals surface area contributed by atoms with Crippen LogP contribution in [0, 0.1) is 0 Å². The highest BCUT2D eigenvalue weighted by atomic mass is 32.1. The van der Waals surface area contributed by atoms with E-state index < -0.39 is 0 Å².